The smallest absolute Gasteiger partial charge is 0.408 e. The first kappa shape index (κ1) is 22.1. The highest BCUT2D eigenvalue weighted by molar-refractivity contribution is 5.92. The molecule has 2 heterocycles. The van der Waals surface area contributed by atoms with E-state index in [1.54, 1.807) is 11.8 Å². The second-order valence-corrected chi connectivity index (χ2v) is 10.6. The minimum absolute atomic E-state index is 0.0405. The highest BCUT2D eigenvalue weighted by atomic mass is 16.5. The van der Waals surface area contributed by atoms with Crippen LogP contribution in [0.15, 0.2) is 48.5 Å². The SMILES string of the molecule is CC(NC(=O)OCC1c2ccccc2-c2ccccc21)(C(=O)N1C2CCC1C(C(=O)O)C2)C1CC1. The average molecular weight is 475 g/mol. The van der Waals surface area contributed by atoms with E-state index in [0.717, 1.165) is 41.5 Å². The largest absolute Gasteiger partial charge is 0.481 e. The monoisotopic (exact) mass is 474 g/mol. The lowest BCUT2D eigenvalue weighted by Crippen LogP contribution is -2.60. The van der Waals surface area contributed by atoms with Crippen LogP contribution in [0.3, 0.4) is 0 Å². The Morgan fingerprint density at radius 2 is 1.63 bits per heavy atom. The summed E-state index contributed by atoms with van der Waals surface area (Å²) in [6.45, 7) is 1.97. The number of carboxylic acids is 1. The number of carbonyl (C=O) groups excluding carboxylic acids is 2. The van der Waals surface area contributed by atoms with Gasteiger partial charge in [-0.3, -0.25) is 9.59 Å². The molecule has 2 saturated heterocycles. The van der Waals surface area contributed by atoms with Gasteiger partial charge in [-0.05, 0) is 67.2 Å². The molecule has 0 spiro atoms. The van der Waals surface area contributed by atoms with E-state index in [4.69, 9.17) is 4.74 Å². The van der Waals surface area contributed by atoms with Crippen LogP contribution in [0.25, 0.3) is 11.1 Å². The van der Waals surface area contributed by atoms with Gasteiger partial charge in [0.05, 0.1) is 5.92 Å². The van der Waals surface area contributed by atoms with Crippen LogP contribution in [0.1, 0.15) is 56.1 Å². The van der Waals surface area contributed by atoms with Gasteiger partial charge >= 0.3 is 12.1 Å². The lowest BCUT2D eigenvalue weighted by Gasteiger charge is -2.36. The van der Waals surface area contributed by atoms with Crippen LogP contribution >= 0.6 is 0 Å². The van der Waals surface area contributed by atoms with Crippen molar-refractivity contribution in [2.24, 2.45) is 11.8 Å². The predicted octanol–water partition coefficient (Wildman–Crippen LogP) is 4.16. The van der Waals surface area contributed by atoms with Crippen molar-refractivity contribution in [1.82, 2.24) is 10.2 Å². The first-order chi connectivity index (χ1) is 16.9. The van der Waals surface area contributed by atoms with Gasteiger partial charge < -0.3 is 20.1 Å². The molecule has 1 saturated carbocycles. The molecule has 2 amide bonds. The zero-order chi connectivity index (χ0) is 24.3. The summed E-state index contributed by atoms with van der Waals surface area (Å²) in [7, 11) is 0. The van der Waals surface area contributed by atoms with Crippen molar-refractivity contribution >= 4 is 18.0 Å². The van der Waals surface area contributed by atoms with E-state index in [2.05, 4.69) is 29.6 Å². The fourth-order valence-electron chi connectivity index (χ4n) is 6.68. The molecule has 4 unspecified atom stereocenters. The van der Waals surface area contributed by atoms with Crippen LogP contribution in [0, 0.1) is 11.8 Å². The van der Waals surface area contributed by atoms with Crippen LogP contribution < -0.4 is 5.32 Å². The zero-order valence-electron chi connectivity index (χ0n) is 19.8. The second-order valence-electron chi connectivity index (χ2n) is 10.6. The van der Waals surface area contributed by atoms with E-state index in [-0.39, 0.29) is 36.4 Å². The van der Waals surface area contributed by atoms with Crippen LogP contribution in [-0.2, 0) is 14.3 Å². The highest BCUT2D eigenvalue weighted by Gasteiger charge is 2.58. The van der Waals surface area contributed by atoms with Crippen LogP contribution in [-0.4, -0.2) is 52.2 Å². The number of carboxylic acid groups (broad SMARTS) is 1. The van der Waals surface area contributed by atoms with Gasteiger partial charge in [-0.25, -0.2) is 4.79 Å². The number of hydrogen-bond donors (Lipinski definition) is 2. The van der Waals surface area contributed by atoms with E-state index < -0.39 is 23.5 Å². The summed E-state index contributed by atoms with van der Waals surface area (Å²) < 4.78 is 5.74. The molecular weight excluding hydrogens is 444 g/mol. The van der Waals surface area contributed by atoms with Crippen molar-refractivity contribution in [3.8, 4) is 11.1 Å². The third kappa shape index (κ3) is 3.51. The fourth-order valence-corrected chi connectivity index (χ4v) is 6.68. The molecule has 182 valence electrons. The summed E-state index contributed by atoms with van der Waals surface area (Å²) in [5.41, 5.74) is 3.50. The van der Waals surface area contributed by atoms with E-state index in [1.807, 2.05) is 24.3 Å². The minimum atomic E-state index is -1.09. The normalized spacial score (nSPS) is 26.1. The quantitative estimate of drug-likeness (QED) is 0.656. The summed E-state index contributed by atoms with van der Waals surface area (Å²) in [6.07, 6.45) is 3.15. The summed E-state index contributed by atoms with van der Waals surface area (Å²) in [4.78, 5) is 40.3. The van der Waals surface area contributed by atoms with E-state index >= 15 is 0 Å². The summed E-state index contributed by atoms with van der Waals surface area (Å²) >= 11 is 0. The Morgan fingerprint density at radius 1 is 1.00 bits per heavy atom. The Labute approximate surface area is 204 Å². The maximum absolute atomic E-state index is 13.8. The Kier molecular flexibility index (Phi) is 5.13. The van der Waals surface area contributed by atoms with Crippen molar-refractivity contribution in [3.05, 3.63) is 59.7 Å². The molecule has 7 heteroatoms. The maximum Gasteiger partial charge on any atom is 0.408 e. The van der Waals surface area contributed by atoms with Gasteiger partial charge in [0.25, 0.3) is 0 Å². The van der Waals surface area contributed by atoms with Crippen LogP contribution in [0.4, 0.5) is 4.79 Å². The van der Waals surface area contributed by atoms with Crippen molar-refractivity contribution < 1.29 is 24.2 Å². The molecule has 2 aliphatic carbocycles. The molecule has 2 aromatic carbocycles. The number of amides is 2. The Balaban J connectivity index is 1.17. The number of nitrogens with one attached hydrogen (secondary N) is 1. The molecule has 0 aromatic heterocycles. The zero-order valence-corrected chi connectivity index (χ0v) is 19.8. The molecule has 6 rings (SSSR count). The Bertz CT molecular complexity index is 1160. The molecule has 3 fully saturated rings. The number of rotatable bonds is 6. The van der Waals surface area contributed by atoms with Crippen molar-refractivity contribution in [1.29, 1.82) is 0 Å². The van der Waals surface area contributed by atoms with Gasteiger partial charge in [0.2, 0.25) is 5.91 Å². The number of fused-ring (bicyclic) bond motifs is 5. The predicted molar refractivity (Wildman–Crippen MR) is 129 cm³/mol. The average Bonchev–Trinajstić information content (AvgIpc) is 3.47. The minimum Gasteiger partial charge on any atom is -0.481 e. The van der Waals surface area contributed by atoms with Crippen molar-refractivity contribution in [3.63, 3.8) is 0 Å². The Hall–Kier alpha value is -3.35. The molecule has 2 aromatic rings. The number of benzene rings is 2. The topological polar surface area (TPSA) is 95.9 Å². The maximum atomic E-state index is 13.8. The number of aliphatic carboxylic acids is 1. The molecule has 7 nitrogen and oxygen atoms in total. The molecule has 4 atom stereocenters. The summed E-state index contributed by atoms with van der Waals surface area (Å²) in [5.74, 6) is -1.53. The van der Waals surface area contributed by atoms with E-state index in [0.29, 0.717) is 12.8 Å². The highest BCUT2D eigenvalue weighted by Crippen LogP contribution is 2.47. The number of ether oxygens (including phenoxy) is 1. The van der Waals surface area contributed by atoms with Crippen LogP contribution in [0.2, 0.25) is 0 Å². The number of hydrogen-bond acceptors (Lipinski definition) is 4. The lowest BCUT2D eigenvalue weighted by molar-refractivity contribution is -0.144. The van der Waals surface area contributed by atoms with Gasteiger partial charge in [0.1, 0.15) is 12.1 Å². The molecule has 2 aliphatic heterocycles. The van der Waals surface area contributed by atoms with Gasteiger partial charge in [-0.2, -0.15) is 0 Å². The standard InChI is InChI=1S/C28H30N2O5/c1-28(16-10-11-16,26(33)30-17-12-13-24(30)22(14-17)25(31)32)29-27(34)35-15-23-20-8-4-2-6-18(20)19-7-3-5-9-21(19)23/h2-9,16-17,22-24H,10-15H2,1H3,(H,29,34)(H,31,32). The first-order valence-electron chi connectivity index (χ1n) is 12.6. The van der Waals surface area contributed by atoms with Gasteiger partial charge in [0, 0.05) is 18.0 Å². The van der Waals surface area contributed by atoms with Gasteiger partial charge in [-0.15, -0.1) is 0 Å². The summed E-state index contributed by atoms with van der Waals surface area (Å²) in [5, 5.41) is 12.5. The van der Waals surface area contributed by atoms with E-state index in [1.165, 1.54) is 0 Å². The van der Waals surface area contributed by atoms with Crippen molar-refractivity contribution in [2.75, 3.05) is 6.61 Å². The summed E-state index contributed by atoms with van der Waals surface area (Å²) in [6, 6.07) is 16.0. The van der Waals surface area contributed by atoms with E-state index in [9.17, 15) is 19.5 Å². The molecule has 0 radical (unpaired) electrons. The molecule has 35 heavy (non-hydrogen) atoms. The molecular formula is C28H30N2O5. The molecule has 4 aliphatic rings. The van der Waals surface area contributed by atoms with Crippen LogP contribution in [0.5, 0.6) is 0 Å². The number of alkyl carbamates (subject to hydrolysis) is 1. The third-order valence-corrected chi connectivity index (χ3v) is 8.63. The van der Waals surface area contributed by atoms with Gasteiger partial charge in [-0.1, -0.05) is 48.5 Å². The second kappa shape index (κ2) is 8.11. The fraction of sp³-hybridized carbons (Fsp3) is 0.464. The third-order valence-electron chi connectivity index (χ3n) is 8.63. The van der Waals surface area contributed by atoms with Gasteiger partial charge in [0.15, 0.2) is 0 Å². The number of nitrogens with zero attached hydrogens (tertiary/aromatic N) is 1. The molecule has 2 bridgehead atoms. The van der Waals surface area contributed by atoms with Crippen molar-refractivity contribution in [2.45, 2.75) is 62.6 Å². The Morgan fingerprint density at radius 3 is 2.20 bits per heavy atom. The first-order valence-corrected chi connectivity index (χ1v) is 12.6. The lowest BCUT2D eigenvalue weighted by atomic mass is 9.89. The molecule has 2 N–H and O–H groups in total. The number of carbonyl (C=O) groups is 3.